The Kier molecular flexibility index (Phi) is 4.92. The maximum Gasteiger partial charge on any atom is 0.252 e. The predicted molar refractivity (Wildman–Crippen MR) is 75.4 cm³/mol. The van der Waals surface area contributed by atoms with Gasteiger partial charge in [0, 0.05) is 11.8 Å². The smallest absolute Gasteiger partial charge is 0.252 e. The molecular weight excluding hydrogens is 306 g/mol. The number of aromatic nitrogens is 1. The molecule has 1 aromatic rings. The molecule has 1 atom stereocenters. The molecule has 1 aliphatic carbocycles. The number of halogens is 1. The van der Waals surface area contributed by atoms with E-state index in [0.717, 1.165) is 25.7 Å². The molecule has 1 fully saturated rings. The Morgan fingerprint density at radius 1 is 1.47 bits per heavy atom. The number of carbonyl (C=O) groups excluding carboxylic acids is 1. The second-order valence-corrected chi connectivity index (χ2v) is 5.66. The van der Waals surface area contributed by atoms with Crippen LogP contribution in [0.4, 0.5) is 0 Å². The predicted octanol–water partition coefficient (Wildman–Crippen LogP) is 3.05. The SMILES string of the molecule is N#CC(NC(=O)c1ccnc(Br)c1)C1CCCCC1. The summed E-state index contributed by atoms with van der Waals surface area (Å²) >= 11 is 3.23. The summed E-state index contributed by atoms with van der Waals surface area (Å²) in [6.07, 6.45) is 7.16. The van der Waals surface area contributed by atoms with Gasteiger partial charge in [0.2, 0.25) is 0 Å². The van der Waals surface area contributed by atoms with Gasteiger partial charge in [-0.2, -0.15) is 5.26 Å². The number of carbonyl (C=O) groups is 1. The van der Waals surface area contributed by atoms with E-state index in [1.807, 2.05) is 0 Å². The highest BCUT2D eigenvalue weighted by atomic mass is 79.9. The molecule has 4 nitrogen and oxygen atoms in total. The number of rotatable bonds is 3. The van der Waals surface area contributed by atoms with Crippen molar-refractivity contribution < 1.29 is 4.79 Å². The van der Waals surface area contributed by atoms with E-state index in [4.69, 9.17) is 0 Å². The van der Waals surface area contributed by atoms with Crippen molar-refractivity contribution in [2.75, 3.05) is 0 Å². The molecule has 1 aliphatic rings. The molecule has 0 spiro atoms. The molecule has 1 unspecified atom stereocenters. The summed E-state index contributed by atoms with van der Waals surface area (Å²) in [5, 5.41) is 12.1. The highest BCUT2D eigenvalue weighted by molar-refractivity contribution is 9.10. The summed E-state index contributed by atoms with van der Waals surface area (Å²) in [4.78, 5) is 16.1. The van der Waals surface area contributed by atoms with E-state index >= 15 is 0 Å². The summed E-state index contributed by atoms with van der Waals surface area (Å²) in [5.41, 5.74) is 0.526. The number of hydrogen-bond acceptors (Lipinski definition) is 3. The molecule has 1 aromatic heterocycles. The second-order valence-electron chi connectivity index (χ2n) is 4.85. The summed E-state index contributed by atoms with van der Waals surface area (Å²) in [6.45, 7) is 0. The number of hydrogen-bond donors (Lipinski definition) is 1. The third-order valence-corrected chi connectivity index (χ3v) is 3.97. The van der Waals surface area contributed by atoms with Crippen molar-refractivity contribution >= 4 is 21.8 Å². The second kappa shape index (κ2) is 6.67. The van der Waals surface area contributed by atoms with Gasteiger partial charge in [-0.05, 0) is 46.8 Å². The molecular formula is C14H16BrN3O. The van der Waals surface area contributed by atoms with E-state index < -0.39 is 0 Å². The van der Waals surface area contributed by atoms with Gasteiger partial charge in [-0.3, -0.25) is 4.79 Å². The molecule has 1 heterocycles. The van der Waals surface area contributed by atoms with Crippen molar-refractivity contribution in [2.45, 2.75) is 38.1 Å². The van der Waals surface area contributed by atoms with Crippen LogP contribution in [-0.2, 0) is 0 Å². The first kappa shape index (κ1) is 14.0. The number of nitriles is 1. The maximum absolute atomic E-state index is 12.1. The van der Waals surface area contributed by atoms with Gasteiger partial charge in [0.1, 0.15) is 10.6 Å². The Morgan fingerprint density at radius 3 is 2.84 bits per heavy atom. The zero-order valence-electron chi connectivity index (χ0n) is 10.6. The molecule has 5 heteroatoms. The van der Waals surface area contributed by atoms with Gasteiger partial charge in [-0.25, -0.2) is 4.98 Å². The van der Waals surface area contributed by atoms with Gasteiger partial charge in [-0.1, -0.05) is 19.3 Å². The monoisotopic (exact) mass is 321 g/mol. The van der Waals surface area contributed by atoms with E-state index in [1.54, 1.807) is 18.3 Å². The minimum atomic E-state index is -0.389. The van der Waals surface area contributed by atoms with Gasteiger partial charge in [0.15, 0.2) is 0 Å². The first-order valence-corrected chi connectivity index (χ1v) is 7.32. The van der Waals surface area contributed by atoms with Gasteiger partial charge >= 0.3 is 0 Å². The van der Waals surface area contributed by atoms with Crippen LogP contribution in [0.15, 0.2) is 22.9 Å². The van der Waals surface area contributed by atoms with Gasteiger partial charge in [-0.15, -0.1) is 0 Å². The van der Waals surface area contributed by atoms with Crippen molar-refractivity contribution in [3.8, 4) is 6.07 Å². The van der Waals surface area contributed by atoms with Crippen molar-refractivity contribution in [1.82, 2.24) is 10.3 Å². The lowest BCUT2D eigenvalue weighted by Gasteiger charge is -2.26. The van der Waals surface area contributed by atoms with Crippen LogP contribution in [0.1, 0.15) is 42.5 Å². The van der Waals surface area contributed by atoms with Gasteiger partial charge in [0.05, 0.1) is 6.07 Å². The lowest BCUT2D eigenvalue weighted by atomic mass is 9.84. The van der Waals surface area contributed by atoms with Crippen LogP contribution in [0.3, 0.4) is 0 Å². The molecule has 100 valence electrons. The van der Waals surface area contributed by atoms with Crippen LogP contribution < -0.4 is 5.32 Å². The molecule has 1 N–H and O–H groups in total. The first-order chi connectivity index (χ1) is 9.20. The van der Waals surface area contributed by atoms with E-state index in [-0.39, 0.29) is 17.9 Å². The molecule has 1 saturated carbocycles. The van der Waals surface area contributed by atoms with Crippen LogP contribution in [0.25, 0.3) is 0 Å². The molecule has 1 amide bonds. The van der Waals surface area contributed by atoms with Crippen LogP contribution in [0.5, 0.6) is 0 Å². The van der Waals surface area contributed by atoms with Crippen molar-refractivity contribution in [2.24, 2.45) is 5.92 Å². The van der Waals surface area contributed by atoms with Crippen LogP contribution >= 0.6 is 15.9 Å². The van der Waals surface area contributed by atoms with E-state index in [1.165, 1.54) is 6.42 Å². The van der Waals surface area contributed by atoms with E-state index in [9.17, 15) is 10.1 Å². The van der Waals surface area contributed by atoms with Crippen LogP contribution in [0, 0.1) is 17.2 Å². The fraction of sp³-hybridized carbons (Fsp3) is 0.500. The van der Waals surface area contributed by atoms with Crippen molar-refractivity contribution in [3.05, 3.63) is 28.5 Å². The van der Waals surface area contributed by atoms with E-state index in [2.05, 4.69) is 32.3 Å². The molecule has 0 aromatic carbocycles. The number of nitrogens with zero attached hydrogens (tertiary/aromatic N) is 2. The first-order valence-electron chi connectivity index (χ1n) is 6.53. The Labute approximate surface area is 121 Å². The van der Waals surface area contributed by atoms with Gasteiger partial charge in [0.25, 0.3) is 5.91 Å². The normalized spacial score (nSPS) is 17.5. The van der Waals surface area contributed by atoms with E-state index in [0.29, 0.717) is 10.2 Å². The molecule has 0 bridgehead atoms. The molecule has 19 heavy (non-hydrogen) atoms. The summed E-state index contributed by atoms with van der Waals surface area (Å²) in [7, 11) is 0. The number of pyridine rings is 1. The minimum Gasteiger partial charge on any atom is -0.336 e. The highest BCUT2D eigenvalue weighted by Gasteiger charge is 2.25. The minimum absolute atomic E-state index is 0.208. The summed E-state index contributed by atoms with van der Waals surface area (Å²) < 4.78 is 0.617. The van der Waals surface area contributed by atoms with Crippen molar-refractivity contribution in [1.29, 1.82) is 5.26 Å². The fourth-order valence-electron chi connectivity index (χ4n) is 2.49. The topological polar surface area (TPSA) is 65.8 Å². The highest BCUT2D eigenvalue weighted by Crippen LogP contribution is 2.26. The molecule has 0 saturated heterocycles. The lowest BCUT2D eigenvalue weighted by molar-refractivity contribution is 0.0928. The molecule has 2 rings (SSSR count). The molecule has 0 aliphatic heterocycles. The number of amides is 1. The van der Waals surface area contributed by atoms with Gasteiger partial charge < -0.3 is 5.32 Å². The Morgan fingerprint density at radius 2 is 2.21 bits per heavy atom. The lowest BCUT2D eigenvalue weighted by Crippen LogP contribution is -2.40. The summed E-state index contributed by atoms with van der Waals surface area (Å²) in [6, 6.07) is 5.14. The fourth-order valence-corrected chi connectivity index (χ4v) is 2.86. The zero-order valence-corrected chi connectivity index (χ0v) is 12.2. The Balaban J connectivity index is 2.02. The number of nitrogens with one attached hydrogen (secondary N) is 1. The largest absolute Gasteiger partial charge is 0.336 e. The summed E-state index contributed by atoms with van der Waals surface area (Å²) in [5.74, 6) is 0.0770. The van der Waals surface area contributed by atoms with Crippen LogP contribution in [-0.4, -0.2) is 16.9 Å². The average Bonchev–Trinajstić information content (AvgIpc) is 2.45. The standard InChI is InChI=1S/C14H16BrN3O/c15-13-8-11(6-7-17-13)14(19)18-12(9-16)10-4-2-1-3-5-10/h6-8,10,12H,1-5H2,(H,18,19). The Bertz CT molecular complexity index is 492. The Hall–Kier alpha value is -1.41. The van der Waals surface area contributed by atoms with Crippen molar-refractivity contribution in [3.63, 3.8) is 0 Å². The quantitative estimate of drug-likeness (QED) is 0.870. The molecule has 0 radical (unpaired) electrons. The third kappa shape index (κ3) is 3.77. The average molecular weight is 322 g/mol. The maximum atomic E-state index is 12.1. The zero-order chi connectivity index (χ0) is 13.7. The third-order valence-electron chi connectivity index (χ3n) is 3.54. The van der Waals surface area contributed by atoms with Crippen LogP contribution in [0.2, 0.25) is 0 Å².